The third-order valence-electron chi connectivity index (χ3n) is 3.57. The second-order valence-electron chi connectivity index (χ2n) is 5.25. The molecule has 1 heterocycles. The number of hydrogen-bond acceptors (Lipinski definition) is 5. The van der Waals surface area contributed by atoms with Crippen molar-refractivity contribution in [3.05, 3.63) is 29.8 Å². The first kappa shape index (κ1) is 16.0. The molecule has 0 saturated carbocycles. The Morgan fingerprint density at radius 2 is 2.29 bits per heavy atom. The maximum Gasteiger partial charge on any atom is 0.180 e. The van der Waals surface area contributed by atoms with E-state index in [0.717, 1.165) is 25.9 Å². The molecule has 1 aliphatic heterocycles. The number of nitriles is 1. The zero-order valence-electron chi connectivity index (χ0n) is 11.9. The van der Waals surface area contributed by atoms with Crippen LogP contribution in [0.15, 0.2) is 29.2 Å². The summed E-state index contributed by atoms with van der Waals surface area (Å²) in [6, 6.07) is 8.04. The van der Waals surface area contributed by atoms with Gasteiger partial charge in [0.1, 0.15) is 0 Å². The largest absolute Gasteiger partial charge is 0.380 e. The molecule has 1 aromatic carbocycles. The standard InChI is InChI=1S/C15H20N2O3S/c16-10-13-3-1-5-15(9-13)21(18,19)8-7-20-12-14-4-2-6-17-11-14/h1,3,5,9,14,17H,2,4,6-8,11-12H2. The predicted octanol–water partition coefficient (Wildman–Crippen LogP) is 1.35. The maximum absolute atomic E-state index is 12.1. The molecular formula is C15H20N2O3S. The van der Waals surface area contributed by atoms with E-state index in [0.29, 0.717) is 18.1 Å². The second-order valence-corrected chi connectivity index (χ2v) is 7.35. The van der Waals surface area contributed by atoms with Gasteiger partial charge in [-0.2, -0.15) is 5.26 Å². The van der Waals surface area contributed by atoms with Gasteiger partial charge in [-0.15, -0.1) is 0 Å². The highest BCUT2D eigenvalue weighted by Gasteiger charge is 2.16. The molecule has 21 heavy (non-hydrogen) atoms. The van der Waals surface area contributed by atoms with Gasteiger partial charge in [0.2, 0.25) is 0 Å². The minimum atomic E-state index is -3.39. The van der Waals surface area contributed by atoms with Crippen LogP contribution in [-0.4, -0.2) is 40.5 Å². The highest BCUT2D eigenvalue weighted by Crippen LogP contribution is 2.14. The number of nitrogens with zero attached hydrogens (tertiary/aromatic N) is 1. The van der Waals surface area contributed by atoms with E-state index in [2.05, 4.69) is 5.32 Å². The van der Waals surface area contributed by atoms with Gasteiger partial charge < -0.3 is 10.1 Å². The Labute approximate surface area is 125 Å². The summed E-state index contributed by atoms with van der Waals surface area (Å²) in [5.74, 6) is 0.422. The van der Waals surface area contributed by atoms with E-state index < -0.39 is 9.84 Å². The second kappa shape index (κ2) is 7.55. The number of nitrogens with one attached hydrogen (secondary N) is 1. The average Bonchev–Trinajstić information content (AvgIpc) is 2.53. The SMILES string of the molecule is N#Cc1cccc(S(=O)(=O)CCOCC2CCCNC2)c1. The Morgan fingerprint density at radius 3 is 3.00 bits per heavy atom. The van der Waals surface area contributed by atoms with Gasteiger partial charge in [0.15, 0.2) is 9.84 Å². The summed E-state index contributed by atoms with van der Waals surface area (Å²) < 4.78 is 29.8. The molecule has 114 valence electrons. The molecule has 0 bridgehead atoms. The number of benzene rings is 1. The average molecular weight is 308 g/mol. The molecule has 1 unspecified atom stereocenters. The van der Waals surface area contributed by atoms with Crippen LogP contribution in [0.2, 0.25) is 0 Å². The van der Waals surface area contributed by atoms with E-state index >= 15 is 0 Å². The van der Waals surface area contributed by atoms with Crippen LogP contribution in [0.4, 0.5) is 0 Å². The van der Waals surface area contributed by atoms with Crippen LogP contribution in [-0.2, 0) is 14.6 Å². The molecule has 0 spiro atoms. The summed E-state index contributed by atoms with van der Waals surface area (Å²) in [6.45, 7) is 2.79. The summed E-state index contributed by atoms with van der Waals surface area (Å²) in [5.41, 5.74) is 0.352. The summed E-state index contributed by atoms with van der Waals surface area (Å²) in [6.07, 6.45) is 2.28. The Kier molecular flexibility index (Phi) is 5.74. The highest BCUT2D eigenvalue weighted by molar-refractivity contribution is 7.91. The van der Waals surface area contributed by atoms with Crippen LogP contribution < -0.4 is 5.32 Å². The van der Waals surface area contributed by atoms with E-state index in [4.69, 9.17) is 10.00 Å². The fourth-order valence-corrected chi connectivity index (χ4v) is 3.53. The first-order chi connectivity index (χ1) is 10.1. The van der Waals surface area contributed by atoms with Crippen LogP contribution >= 0.6 is 0 Å². The van der Waals surface area contributed by atoms with Crippen LogP contribution in [0.5, 0.6) is 0 Å². The van der Waals surface area contributed by atoms with Gasteiger partial charge in [-0.05, 0) is 43.5 Å². The van der Waals surface area contributed by atoms with Crippen molar-refractivity contribution in [1.82, 2.24) is 5.32 Å². The zero-order chi connectivity index (χ0) is 15.1. The molecule has 0 aromatic heterocycles. The Morgan fingerprint density at radius 1 is 1.43 bits per heavy atom. The van der Waals surface area contributed by atoms with Crippen molar-refractivity contribution in [2.45, 2.75) is 17.7 Å². The molecule has 0 amide bonds. The van der Waals surface area contributed by atoms with Crippen molar-refractivity contribution >= 4 is 9.84 Å². The van der Waals surface area contributed by atoms with Crippen LogP contribution in [0.3, 0.4) is 0 Å². The lowest BCUT2D eigenvalue weighted by Crippen LogP contribution is -2.32. The number of sulfone groups is 1. The van der Waals surface area contributed by atoms with Gasteiger partial charge in [0, 0.05) is 6.54 Å². The molecule has 1 fully saturated rings. The van der Waals surface area contributed by atoms with Crippen LogP contribution in [0.1, 0.15) is 18.4 Å². The van der Waals surface area contributed by atoms with E-state index in [1.54, 1.807) is 12.1 Å². The van der Waals surface area contributed by atoms with Crippen molar-refractivity contribution in [1.29, 1.82) is 5.26 Å². The van der Waals surface area contributed by atoms with Crippen LogP contribution in [0.25, 0.3) is 0 Å². The molecule has 6 heteroatoms. The van der Waals surface area contributed by atoms with Gasteiger partial charge in [-0.1, -0.05) is 6.07 Å². The van der Waals surface area contributed by atoms with Crippen molar-refractivity contribution < 1.29 is 13.2 Å². The molecule has 2 rings (SSSR count). The Balaban J connectivity index is 1.82. The first-order valence-electron chi connectivity index (χ1n) is 7.13. The topological polar surface area (TPSA) is 79.2 Å². The third kappa shape index (κ3) is 4.81. The van der Waals surface area contributed by atoms with E-state index in [-0.39, 0.29) is 17.3 Å². The van der Waals surface area contributed by atoms with E-state index in [1.165, 1.54) is 12.1 Å². The monoisotopic (exact) mass is 308 g/mol. The summed E-state index contributed by atoms with van der Waals surface area (Å²) in [7, 11) is -3.39. The minimum Gasteiger partial charge on any atom is -0.380 e. The minimum absolute atomic E-state index is 0.0535. The van der Waals surface area contributed by atoms with Crippen molar-refractivity contribution in [2.75, 3.05) is 32.1 Å². The van der Waals surface area contributed by atoms with Gasteiger partial charge >= 0.3 is 0 Å². The quantitative estimate of drug-likeness (QED) is 0.803. The summed E-state index contributed by atoms with van der Waals surface area (Å²) in [5, 5.41) is 12.1. The third-order valence-corrected chi connectivity index (χ3v) is 5.25. The fourth-order valence-electron chi connectivity index (χ4n) is 2.36. The predicted molar refractivity (Wildman–Crippen MR) is 79.6 cm³/mol. The van der Waals surface area contributed by atoms with Crippen LogP contribution in [0, 0.1) is 17.2 Å². The fraction of sp³-hybridized carbons (Fsp3) is 0.533. The number of hydrogen-bond donors (Lipinski definition) is 1. The van der Waals surface area contributed by atoms with E-state index in [1.807, 2.05) is 6.07 Å². The molecule has 1 aromatic rings. The molecule has 1 saturated heterocycles. The van der Waals surface area contributed by atoms with Crippen molar-refractivity contribution in [3.63, 3.8) is 0 Å². The lowest BCUT2D eigenvalue weighted by atomic mass is 10.0. The first-order valence-corrected chi connectivity index (χ1v) is 8.78. The molecule has 1 aliphatic rings. The molecule has 0 aliphatic carbocycles. The Hall–Kier alpha value is -1.42. The molecule has 0 radical (unpaired) electrons. The smallest absolute Gasteiger partial charge is 0.180 e. The van der Waals surface area contributed by atoms with Gasteiger partial charge in [0.25, 0.3) is 0 Å². The maximum atomic E-state index is 12.1. The zero-order valence-corrected chi connectivity index (χ0v) is 12.7. The molecular weight excluding hydrogens is 288 g/mol. The number of ether oxygens (including phenoxy) is 1. The van der Waals surface area contributed by atoms with Crippen molar-refractivity contribution in [2.24, 2.45) is 5.92 Å². The Bertz CT molecular complexity index is 602. The van der Waals surface area contributed by atoms with Gasteiger partial charge in [0.05, 0.1) is 35.5 Å². The van der Waals surface area contributed by atoms with Gasteiger partial charge in [-0.3, -0.25) is 0 Å². The molecule has 1 atom stereocenters. The van der Waals surface area contributed by atoms with Gasteiger partial charge in [-0.25, -0.2) is 8.42 Å². The lowest BCUT2D eigenvalue weighted by Gasteiger charge is -2.22. The summed E-state index contributed by atoms with van der Waals surface area (Å²) >= 11 is 0. The summed E-state index contributed by atoms with van der Waals surface area (Å²) in [4.78, 5) is 0.185. The highest BCUT2D eigenvalue weighted by atomic mass is 32.2. The number of rotatable bonds is 6. The normalized spacial score (nSPS) is 19.1. The van der Waals surface area contributed by atoms with Crippen molar-refractivity contribution in [3.8, 4) is 6.07 Å². The van der Waals surface area contributed by atoms with E-state index in [9.17, 15) is 8.42 Å². The number of piperidine rings is 1. The molecule has 5 nitrogen and oxygen atoms in total. The lowest BCUT2D eigenvalue weighted by molar-refractivity contribution is 0.101. The molecule has 1 N–H and O–H groups in total.